The highest BCUT2D eigenvalue weighted by atomic mass is 16.6. The average molecular weight is 422 g/mol. The fourth-order valence-electron chi connectivity index (χ4n) is 3.56. The van der Waals surface area contributed by atoms with Crippen LogP contribution in [-0.4, -0.2) is 59.6 Å². The van der Waals surface area contributed by atoms with Crippen LogP contribution >= 0.6 is 0 Å². The van der Waals surface area contributed by atoms with Gasteiger partial charge in [0.15, 0.2) is 12.2 Å². The molecule has 30 heavy (non-hydrogen) atoms. The maximum Gasteiger partial charge on any atom is 0.334 e. The molecule has 0 spiro atoms. The van der Waals surface area contributed by atoms with Gasteiger partial charge in [0, 0.05) is 12.5 Å². The smallest absolute Gasteiger partial charge is 0.334 e. The Balaban J connectivity index is 2.61. The molecule has 0 aromatic carbocycles. The Morgan fingerprint density at radius 1 is 1.30 bits per heavy atom. The molecule has 0 aromatic heterocycles. The lowest BCUT2D eigenvalue weighted by Crippen LogP contribution is -2.46. The second kappa shape index (κ2) is 10.5. The van der Waals surface area contributed by atoms with Crippen molar-refractivity contribution in [1.82, 2.24) is 0 Å². The van der Waals surface area contributed by atoms with Gasteiger partial charge in [-0.2, -0.15) is 0 Å². The third-order valence-corrected chi connectivity index (χ3v) is 5.50. The van der Waals surface area contributed by atoms with Crippen molar-refractivity contribution in [2.45, 2.75) is 58.3 Å². The number of hydrogen-bond acceptors (Lipinski definition) is 8. The van der Waals surface area contributed by atoms with E-state index in [1.807, 2.05) is 6.92 Å². The largest absolute Gasteiger partial charge is 0.457 e. The first-order chi connectivity index (χ1) is 14.2. The van der Waals surface area contributed by atoms with Crippen molar-refractivity contribution in [2.24, 2.45) is 11.8 Å². The number of rotatable bonds is 6. The van der Waals surface area contributed by atoms with E-state index in [1.165, 1.54) is 6.92 Å². The van der Waals surface area contributed by atoms with Crippen LogP contribution in [0.5, 0.6) is 0 Å². The topological polar surface area (TPSA) is 119 Å². The lowest BCUT2D eigenvalue weighted by Gasteiger charge is -2.34. The molecule has 166 valence electrons. The number of aliphatic hydroxyl groups is 2. The second-order valence-corrected chi connectivity index (χ2v) is 7.62. The zero-order valence-electron chi connectivity index (χ0n) is 17.6. The first kappa shape index (κ1) is 23.8. The van der Waals surface area contributed by atoms with E-state index in [-0.39, 0.29) is 12.2 Å². The molecule has 2 rings (SSSR count). The molecule has 2 N–H and O–H groups in total. The van der Waals surface area contributed by atoms with Gasteiger partial charge in [-0.05, 0) is 36.5 Å². The number of carbonyl (C=O) groups excluding carboxylic acids is 3. The molecule has 1 aliphatic carbocycles. The number of allylic oxidation sites excluding steroid dienone is 1. The Morgan fingerprint density at radius 2 is 2.00 bits per heavy atom. The molecule has 3 unspecified atom stereocenters. The maximum absolute atomic E-state index is 12.7. The van der Waals surface area contributed by atoms with E-state index in [0.29, 0.717) is 30.4 Å². The maximum atomic E-state index is 12.7. The number of carbonyl (C=O) groups is 3. The molecular formula is C22H30O8. The van der Waals surface area contributed by atoms with Gasteiger partial charge in [0.1, 0.15) is 6.10 Å². The zero-order chi connectivity index (χ0) is 22.4. The molecular weight excluding hydrogens is 392 g/mol. The third-order valence-electron chi connectivity index (χ3n) is 5.50. The molecule has 0 saturated carbocycles. The lowest BCUT2D eigenvalue weighted by atomic mass is 9.83. The monoisotopic (exact) mass is 422 g/mol. The molecule has 8 heteroatoms. The number of aliphatic hydroxyl groups excluding tert-OH is 2. The predicted molar refractivity (Wildman–Crippen MR) is 107 cm³/mol. The van der Waals surface area contributed by atoms with Crippen LogP contribution in [0, 0.1) is 11.8 Å². The third kappa shape index (κ3) is 5.37. The van der Waals surface area contributed by atoms with Gasteiger partial charge in [0.25, 0.3) is 0 Å². The molecule has 5 atom stereocenters. The van der Waals surface area contributed by atoms with E-state index in [1.54, 1.807) is 19.1 Å². The van der Waals surface area contributed by atoms with Crippen LogP contribution in [0.2, 0.25) is 0 Å². The van der Waals surface area contributed by atoms with Crippen molar-refractivity contribution in [2.75, 3.05) is 13.2 Å². The summed E-state index contributed by atoms with van der Waals surface area (Å²) >= 11 is 0. The molecule has 0 radical (unpaired) electrons. The van der Waals surface area contributed by atoms with Gasteiger partial charge in [0.05, 0.1) is 25.0 Å². The van der Waals surface area contributed by atoms with E-state index in [4.69, 9.17) is 14.2 Å². The molecule has 8 nitrogen and oxygen atoms in total. The van der Waals surface area contributed by atoms with E-state index in [0.717, 1.165) is 0 Å². The van der Waals surface area contributed by atoms with Gasteiger partial charge in [-0.15, -0.1) is 0 Å². The van der Waals surface area contributed by atoms with Gasteiger partial charge in [0.2, 0.25) is 0 Å². The number of hydrogen-bond donors (Lipinski definition) is 2. The summed E-state index contributed by atoms with van der Waals surface area (Å²) in [6, 6.07) is 0. The Morgan fingerprint density at radius 3 is 2.57 bits per heavy atom. The summed E-state index contributed by atoms with van der Waals surface area (Å²) in [5.41, 5.74) is 1.06. The van der Waals surface area contributed by atoms with Crippen molar-refractivity contribution in [3.05, 3.63) is 35.5 Å². The molecule has 1 fully saturated rings. The number of fused-ring (bicyclic) bond motifs is 1. The van der Waals surface area contributed by atoms with E-state index in [9.17, 15) is 24.6 Å². The van der Waals surface area contributed by atoms with Crippen molar-refractivity contribution < 1.29 is 38.8 Å². The van der Waals surface area contributed by atoms with Crippen LogP contribution in [-0.2, 0) is 28.6 Å². The first-order valence-electron chi connectivity index (χ1n) is 10.1. The standard InChI is InChI=1S/C22H30O8/c1-5-12(2)21(26)30-20-18-13(3)22(27)29-17(18)9-15(10-23)7-6-8-16(11-24)19(20)28-14(4)25/h8-9,12,17-20,23-24H,3,5-7,10-11H2,1-2,4H3/b15-9-,16-8?/t12?,17-,18?,19+,20?/m1/s1. The number of esters is 3. The van der Waals surface area contributed by atoms with Gasteiger partial charge >= 0.3 is 17.9 Å². The van der Waals surface area contributed by atoms with Gasteiger partial charge in [-0.1, -0.05) is 26.5 Å². The van der Waals surface area contributed by atoms with Crippen molar-refractivity contribution >= 4 is 17.9 Å². The van der Waals surface area contributed by atoms with Crippen LogP contribution in [0.3, 0.4) is 0 Å². The summed E-state index contributed by atoms with van der Waals surface area (Å²) in [7, 11) is 0. The van der Waals surface area contributed by atoms with E-state index in [2.05, 4.69) is 6.58 Å². The summed E-state index contributed by atoms with van der Waals surface area (Å²) in [6.45, 7) is 7.89. The Bertz CT molecular complexity index is 750. The fourth-order valence-corrected chi connectivity index (χ4v) is 3.56. The molecule has 0 aromatic rings. The molecule has 1 heterocycles. The Hall–Kier alpha value is -2.45. The highest BCUT2D eigenvalue weighted by Gasteiger charge is 2.49. The summed E-state index contributed by atoms with van der Waals surface area (Å²) in [5.74, 6) is -3.07. The normalized spacial score (nSPS) is 29.6. The molecule has 1 saturated heterocycles. The van der Waals surface area contributed by atoms with Gasteiger partial charge < -0.3 is 24.4 Å². The predicted octanol–water partition coefficient (Wildman–Crippen LogP) is 1.60. The Labute approximate surface area is 176 Å². The number of ether oxygens (including phenoxy) is 3. The zero-order valence-corrected chi connectivity index (χ0v) is 17.6. The SMILES string of the molecule is C=C1C(=O)O[C@@H]2/C=C(\CO)CCC=C(CO)[C@H](OC(C)=O)C(OC(=O)C(C)CC)C12. The van der Waals surface area contributed by atoms with Crippen LogP contribution in [0.4, 0.5) is 0 Å². The Kier molecular flexibility index (Phi) is 8.37. The quantitative estimate of drug-likeness (QED) is 0.287. The first-order valence-corrected chi connectivity index (χ1v) is 10.1. The van der Waals surface area contributed by atoms with Crippen LogP contribution in [0.25, 0.3) is 0 Å². The minimum atomic E-state index is -1.13. The minimum absolute atomic E-state index is 0.0745. The summed E-state index contributed by atoms with van der Waals surface area (Å²) < 4.78 is 16.7. The van der Waals surface area contributed by atoms with Crippen molar-refractivity contribution in [3.8, 4) is 0 Å². The average Bonchev–Trinajstić information content (AvgIpc) is 2.99. The van der Waals surface area contributed by atoms with E-state index >= 15 is 0 Å². The molecule has 0 bridgehead atoms. The van der Waals surface area contributed by atoms with Crippen LogP contribution < -0.4 is 0 Å². The molecule has 2 aliphatic rings. The van der Waals surface area contributed by atoms with Gasteiger partial charge in [-0.25, -0.2) is 4.79 Å². The molecule has 1 aliphatic heterocycles. The van der Waals surface area contributed by atoms with E-state index < -0.39 is 54.7 Å². The highest BCUT2D eigenvalue weighted by Crippen LogP contribution is 2.37. The van der Waals surface area contributed by atoms with Crippen LogP contribution in [0.1, 0.15) is 40.0 Å². The molecule has 0 amide bonds. The summed E-state index contributed by atoms with van der Waals surface area (Å²) in [4.78, 5) is 36.8. The fraction of sp³-hybridized carbons (Fsp3) is 0.591. The van der Waals surface area contributed by atoms with Crippen molar-refractivity contribution in [3.63, 3.8) is 0 Å². The lowest BCUT2D eigenvalue weighted by molar-refractivity contribution is -0.171. The highest BCUT2D eigenvalue weighted by molar-refractivity contribution is 5.91. The van der Waals surface area contributed by atoms with Crippen molar-refractivity contribution in [1.29, 1.82) is 0 Å². The minimum Gasteiger partial charge on any atom is -0.457 e. The summed E-state index contributed by atoms with van der Waals surface area (Å²) in [5, 5.41) is 19.6. The van der Waals surface area contributed by atoms with Crippen LogP contribution in [0.15, 0.2) is 35.5 Å². The summed E-state index contributed by atoms with van der Waals surface area (Å²) in [6.07, 6.45) is 1.67. The van der Waals surface area contributed by atoms with Gasteiger partial charge in [-0.3, -0.25) is 9.59 Å². The second-order valence-electron chi connectivity index (χ2n) is 7.62.